The molecule has 102 valence electrons. The fraction of sp³-hybridized carbons (Fsp3) is 0.200. The summed E-state index contributed by atoms with van der Waals surface area (Å²) in [6.07, 6.45) is 5.14. The summed E-state index contributed by atoms with van der Waals surface area (Å²) in [5, 5.41) is 0. The molecule has 9 heteroatoms. The van der Waals surface area contributed by atoms with E-state index in [9.17, 15) is 8.42 Å². The summed E-state index contributed by atoms with van der Waals surface area (Å²) in [5.41, 5.74) is 6.42. The van der Waals surface area contributed by atoms with Crippen molar-refractivity contribution in [3.8, 4) is 0 Å². The summed E-state index contributed by atoms with van der Waals surface area (Å²) in [5.74, 6) is -0.0303. The number of nitrogens with two attached hydrogens (primary N) is 1. The third kappa shape index (κ3) is 3.52. The Morgan fingerprint density at radius 3 is 2.89 bits per heavy atom. The molecule has 0 atom stereocenters. The van der Waals surface area contributed by atoms with Crippen molar-refractivity contribution in [2.75, 3.05) is 12.3 Å². The molecule has 0 fully saturated rings. The van der Waals surface area contributed by atoms with E-state index in [2.05, 4.69) is 35.6 Å². The predicted octanol–water partition coefficient (Wildman–Crippen LogP) is 0.670. The molecule has 7 nitrogen and oxygen atoms in total. The summed E-state index contributed by atoms with van der Waals surface area (Å²) < 4.78 is 27.1. The van der Waals surface area contributed by atoms with Gasteiger partial charge in [-0.25, -0.2) is 23.1 Å². The van der Waals surface area contributed by atoms with Gasteiger partial charge in [0.2, 0.25) is 10.0 Å². The monoisotopic (exact) mass is 345 g/mol. The second-order valence-corrected chi connectivity index (χ2v) is 6.41. The molecule has 19 heavy (non-hydrogen) atoms. The van der Waals surface area contributed by atoms with Crippen LogP contribution in [0.25, 0.3) is 0 Å². The lowest BCUT2D eigenvalue weighted by Crippen LogP contribution is -2.27. The number of hydrogen-bond donors (Lipinski definition) is 3. The van der Waals surface area contributed by atoms with Crippen molar-refractivity contribution in [3.05, 3.63) is 35.0 Å². The Balaban J connectivity index is 2.07. The van der Waals surface area contributed by atoms with Gasteiger partial charge in [0.1, 0.15) is 10.7 Å². The number of halogens is 1. The molecular formula is C10H12BrN5O2S. The maximum atomic E-state index is 12.1. The van der Waals surface area contributed by atoms with E-state index in [0.717, 1.165) is 5.69 Å². The number of imidazole rings is 1. The van der Waals surface area contributed by atoms with Gasteiger partial charge in [0.25, 0.3) is 0 Å². The Morgan fingerprint density at radius 1 is 1.42 bits per heavy atom. The first-order chi connectivity index (χ1) is 8.99. The zero-order valence-electron chi connectivity index (χ0n) is 9.80. The minimum absolute atomic E-state index is 0.0303. The summed E-state index contributed by atoms with van der Waals surface area (Å²) in [6, 6.07) is 1.42. The van der Waals surface area contributed by atoms with Crippen LogP contribution in [0.4, 0.5) is 5.82 Å². The van der Waals surface area contributed by atoms with Gasteiger partial charge in [-0.3, -0.25) is 0 Å². The highest BCUT2D eigenvalue weighted by atomic mass is 79.9. The Hall–Kier alpha value is -1.45. The van der Waals surface area contributed by atoms with E-state index in [1.807, 2.05) is 0 Å². The van der Waals surface area contributed by atoms with Crippen LogP contribution in [0, 0.1) is 0 Å². The number of sulfonamides is 1. The second-order valence-electron chi connectivity index (χ2n) is 3.76. The lowest BCUT2D eigenvalue weighted by Gasteiger charge is -2.08. The largest absolute Gasteiger partial charge is 0.383 e. The standard InChI is InChI=1S/C10H12BrN5O2S/c11-7-3-9(10(12)14-4-7)19(17,18)16-2-1-8-5-13-6-15-8/h3-6,16H,1-2H2,(H2,12,14)(H,13,15). The molecular weight excluding hydrogens is 334 g/mol. The van der Waals surface area contributed by atoms with Crippen molar-refractivity contribution in [3.63, 3.8) is 0 Å². The molecule has 0 aliphatic rings. The van der Waals surface area contributed by atoms with Crippen LogP contribution in [0.5, 0.6) is 0 Å². The van der Waals surface area contributed by atoms with Gasteiger partial charge in [-0.15, -0.1) is 0 Å². The number of H-pyrrole nitrogens is 1. The molecule has 0 bridgehead atoms. The second kappa shape index (κ2) is 5.68. The molecule has 0 saturated heterocycles. The highest BCUT2D eigenvalue weighted by Gasteiger charge is 2.18. The topological polar surface area (TPSA) is 114 Å². The van der Waals surface area contributed by atoms with Crippen LogP contribution in [0.3, 0.4) is 0 Å². The SMILES string of the molecule is Nc1ncc(Br)cc1S(=O)(=O)NCCc1cnc[nH]1. The average molecular weight is 346 g/mol. The molecule has 0 aliphatic heterocycles. The lowest BCUT2D eigenvalue weighted by molar-refractivity contribution is 0.581. The normalized spacial score (nSPS) is 11.6. The van der Waals surface area contributed by atoms with Gasteiger partial charge in [-0.1, -0.05) is 0 Å². The maximum Gasteiger partial charge on any atom is 0.244 e. The first-order valence-corrected chi connectivity index (χ1v) is 7.64. The molecule has 2 heterocycles. The minimum Gasteiger partial charge on any atom is -0.383 e. The van der Waals surface area contributed by atoms with Gasteiger partial charge in [0.05, 0.1) is 6.33 Å². The van der Waals surface area contributed by atoms with Crippen LogP contribution in [0.2, 0.25) is 0 Å². The number of anilines is 1. The Kier molecular flexibility index (Phi) is 4.17. The molecule has 4 N–H and O–H groups in total. The first-order valence-electron chi connectivity index (χ1n) is 5.37. The third-order valence-electron chi connectivity index (χ3n) is 2.38. The van der Waals surface area contributed by atoms with Gasteiger partial charge in [-0.05, 0) is 22.0 Å². The van der Waals surface area contributed by atoms with Gasteiger partial charge >= 0.3 is 0 Å². The quantitative estimate of drug-likeness (QED) is 0.736. The molecule has 0 spiro atoms. The van der Waals surface area contributed by atoms with E-state index in [4.69, 9.17) is 5.73 Å². The number of nitrogens with one attached hydrogen (secondary N) is 2. The molecule has 0 saturated carbocycles. The summed E-state index contributed by atoms with van der Waals surface area (Å²) in [7, 11) is -3.67. The zero-order valence-corrected chi connectivity index (χ0v) is 12.2. The van der Waals surface area contributed by atoms with Crippen LogP contribution in [0.15, 0.2) is 34.2 Å². The van der Waals surface area contributed by atoms with Crippen molar-refractivity contribution in [2.45, 2.75) is 11.3 Å². The maximum absolute atomic E-state index is 12.1. The van der Waals surface area contributed by atoms with Gasteiger partial charge in [0, 0.05) is 35.5 Å². The van der Waals surface area contributed by atoms with Crippen molar-refractivity contribution in [1.29, 1.82) is 0 Å². The minimum atomic E-state index is -3.67. The van der Waals surface area contributed by atoms with Gasteiger partial charge in [0.15, 0.2) is 0 Å². The summed E-state index contributed by atoms with van der Waals surface area (Å²) in [4.78, 5) is 10.5. The van der Waals surface area contributed by atoms with Gasteiger partial charge < -0.3 is 10.7 Å². The highest BCUT2D eigenvalue weighted by molar-refractivity contribution is 9.10. The van der Waals surface area contributed by atoms with Crippen molar-refractivity contribution >= 4 is 31.8 Å². The number of nitrogen functional groups attached to an aromatic ring is 1. The van der Waals surface area contributed by atoms with Crippen LogP contribution < -0.4 is 10.5 Å². The Bertz CT molecular complexity index is 657. The van der Waals surface area contributed by atoms with E-state index in [-0.39, 0.29) is 17.3 Å². The lowest BCUT2D eigenvalue weighted by atomic mass is 10.3. The molecule has 0 unspecified atom stereocenters. The number of nitrogens with zero attached hydrogens (tertiary/aromatic N) is 2. The van der Waals surface area contributed by atoms with E-state index in [0.29, 0.717) is 10.9 Å². The predicted molar refractivity (Wildman–Crippen MR) is 73.8 cm³/mol. The molecule has 0 aliphatic carbocycles. The van der Waals surface area contributed by atoms with Crippen molar-refractivity contribution in [2.24, 2.45) is 0 Å². The van der Waals surface area contributed by atoms with Crippen molar-refractivity contribution in [1.82, 2.24) is 19.7 Å². The average Bonchev–Trinajstić information content (AvgIpc) is 2.85. The fourth-order valence-corrected chi connectivity index (χ4v) is 3.09. The number of aromatic nitrogens is 3. The van der Waals surface area contributed by atoms with Crippen LogP contribution >= 0.6 is 15.9 Å². The molecule has 0 amide bonds. The Labute approximate surface area is 118 Å². The van der Waals surface area contributed by atoms with Crippen LogP contribution in [-0.4, -0.2) is 29.9 Å². The number of pyridine rings is 1. The molecule has 2 aromatic heterocycles. The Morgan fingerprint density at radius 2 is 2.21 bits per heavy atom. The van der Waals surface area contributed by atoms with E-state index >= 15 is 0 Å². The molecule has 2 rings (SSSR count). The smallest absolute Gasteiger partial charge is 0.244 e. The fourth-order valence-electron chi connectivity index (χ4n) is 1.47. The third-order valence-corrected chi connectivity index (χ3v) is 4.30. The van der Waals surface area contributed by atoms with E-state index in [1.165, 1.54) is 12.3 Å². The highest BCUT2D eigenvalue weighted by Crippen LogP contribution is 2.20. The molecule has 2 aromatic rings. The summed E-state index contributed by atoms with van der Waals surface area (Å²) >= 11 is 3.16. The number of aromatic amines is 1. The zero-order chi connectivity index (χ0) is 13.9. The first kappa shape index (κ1) is 14.0. The van der Waals surface area contributed by atoms with E-state index < -0.39 is 10.0 Å². The van der Waals surface area contributed by atoms with Crippen molar-refractivity contribution < 1.29 is 8.42 Å². The van der Waals surface area contributed by atoms with Crippen LogP contribution in [-0.2, 0) is 16.4 Å². The number of hydrogen-bond acceptors (Lipinski definition) is 5. The number of rotatable bonds is 5. The summed E-state index contributed by atoms with van der Waals surface area (Å²) in [6.45, 7) is 0.247. The van der Waals surface area contributed by atoms with Crippen LogP contribution in [0.1, 0.15) is 5.69 Å². The van der Waals surface area contributed by atoms with E-state index in [1.54, 1.807) is 12.5 Å². The van der Waals surface area contributed by atoms with Gasteiger partial charge in [-0.2, -0.15) is 0 Å². The molecule has 0 aromatic carbocycles. The molecule has 0 radical (unpaired) electrons.